The minimum absolute atomic E-state index is 0.149. The zero-order valence-corrected chi connectivity index (χ0v) is 18.2. The van der Waals surface area contributed by atoms with Crippen molar-refractivity contribution in [3.05, 3.63) is 48.0 Å². The van der Waals surface area contributed by atoms with Crippen LogP contribution in [0.1, 0.15) is 36.8 Å². The van der Waals surface area contributed by atoms with Crippen molar-refractivity contribution in [3.63, 3.8) is 0 Å². The van der Waals surface area contributed by atoms with Crippen LogP contribution in [0.15, 0.2) is 36.8 Å². The van der Waals surface area contributed by atoms with Gasteiger partial charge in [-0.3, -0.25) is 19.7 Å². The minimum Gasteiger partial charge on any atom is -0.489 e. The van der Waals surface area contributed by atoms with Crippen LogP contribution >= 0.6 is 0 Å². The lowest BCUT2D eigenvalue weighted by Gasteiger charge is -2.21. The van der Waals surface area contributed by atoms with E-state index < -0.39 is 6.03 Å². The molecular weight excluding hydrogens is 410 g/mol. The van der Waals surface area contributed by atoms with Gasteiger partial charge in [0.05, 0.1) is 18.5 Å². The van der Waals surface area contributed by atoms with Crippen molar-refractivity contribution in [2.45, 2.75) is 26.9 Å². The van der Waals surface area contributed by atoms with Crippen LogP contribution in [0, 0.1) is 11.3 Å². The molecule has 10 nitrogen and oxygen atoms in total. The number of nitrogens with one attached hydrogen (secondary N) is 1. The lowest BCUT2D eigenvalue weighted by atomic mass is 10.1. The number of anilines is 2. The molecule has 1 N–H and O–H groups in total. The maximum absolute atomic E-state index is 12.9. The first-order valence-electron chi connectivity index (χ1n) is 9.96. The average molecular weight is 433 g/mol. The largest absolute Gasteiger partial charge is 0.489 e. The second-order valence-electron chi connectivity index (χ2n) is 7.14. The van der Waals surface area contributed by atoms with Gasteiger partial charge in [-0.15, -0.1) is 0 Å². The Hall–Kier alpha value is -4.26. The van der Waals surface area contributed by atoms with Gasteiger partial charge in [-0.05, 0) is 32.9 Å². The van der Waals surface area contributed by atoms with Crippen LogP contribution in [-0.2, 0) is 7.05 Å². The van der Waals surface area contributed by atoms with Crippen molar-refractivity contribution in [1.29, 1.82) is 5.26 Å². The lowest BCUT2D eigenvalue weighted by Crippen LogP contribution is -2.35. The highest BCUT2D eigenvalue weighted by molar-refractivity contribution is 6.01. The Kier molecular flexibility index (Phi) is 6.80. The second-order valence-corrected chi connectivity index (χ2v) is 7.14. The third-order valence-corrected chi connectivity index (χ3v) is 4.46. The monoisotopic (exact) mass is 433 g/mol. The van der Waals surface area contributed by atoms with Crippen molar-refractivity contribution in [3.8, 4) is 22.9 Å². The van der Waals surface area contributed by atoms with Crippen molar-refractivity contribution in [1.82, 2.24) is 19.7 Å². The molecule has 0 radical (unpaired) electrons. The van der Waals surface area contributed by atoms with Gasteiger partial charge >= 0.3 is 6.03 Å². The summed E-state index contributed by atoms with van der Waals surface area (Å²) in [5.41, 5.74) is 1.84. The molecule has 0 saturated heterocycles. The number of amides is 2. The maximum Gasteiger partial charge on any atom is 0.328 e. The number of carbonyl (C=O) groups excluding carboxylic acids is 2. The van der Waals surface area contributed by atoms with E-state index in [4.69, 9.17) is 4.74 Å². The molecule has 0 bridgehead atoms. The van der Waals surface area contributed by atoms with E-state index in [0.29, 0.717) is 30.0 Å². The third-order valence-electron chi connectivity index (χ3n) is 4.46. The number of carbonyl (C=O) groups is 2. The first-order chi connectivity index (χ1) is 15.4. The molecule has 164 valence electrons. The Morgan fingerprint density at radius 1 is 1.38 bits per heavy atom. The molecular formula is C22H23N7O3. The van der Waals surface area contributed by atoms with E-state index in [9.17, 15) is 14.9 Å². The van der Waals surface area contributed by atoms with E-state index in [2.05, 4.69) is 20.4 Å². The molecule has 3 rings (SSSR count). The van der Waals surface area contributed by atoms with Gasteiger partial charge in [-0.1, -0.05) is 0 Å². The highest BCUT2D eigenvalue weighted by Crippen LogP contribution is 2.25. The summed E-state index contributed by atoms with van der Waals surface area (Å²) >= 11 is 0. The summed E-state index contributed by atoms with van der Waals surface area (Å²) in [5.74, 6) is 0.871. The Morgan fingerprint density at radius 3 is 2.75 bits per heavy atom. The van der Waals surface area contributed by atoms with Crippen molar-refractivity contribution in [2.24, 2.45) is 7.05 Å². The zero-order valence-electron chi connectivity index (χ0n) is 18.2. The number of hydrogen-bond donors (Lipinski definition) is 1. The molecule has 0 unspecified atom stereocenters. The van der Waals surface area contributed by atoms with E-state index in [-0.39, 0.29) is 23.2 Å². The van der Waals surface area contributed by atoms with Crippen LogP contribution in [0.3, 0.4) is 0 Å². The Balaban J connectivity index is 1.86. The smallest absolute Gasteiger partial charge is 0.328 e. The molecule has 2 amide bonds. The normalized spacial score (nSPS) is 10.5. The number of ether oxygens (including phenoxy) is 1. The predicted molar refractivity (Wildman–Crippen MR) is 119 cm³/mol. The first-order valence-corrected chi connectivity index (χ1v) is 9.96. The number of rotatable bonds is 7. The molecule has 0 saturated carbocycles. The van der Waals surface area contributed by atoms with E-state index in [1.54, 1.807) is 43.2 Å². The van der Waals surface area contributed by atoms with E-state index in [1.807, 2.05) is 19.9 Å². The molecule has 0 aliphatic rings. The number of nitriles is 1. The van der Waals surface area contributed by atoms with Crippen LogP contribution < -0.4 is 15.0 Å². The van der Waals surface area contributed by atoms with Gasteiger partial charge in [0.2, 0.25) is 0 Å². The van der Waals surface area contributed by atoms with Crippen LogP contribution in [-0.4, -0.2) is 44.7 Å². The number of pyridine rings is 2. The van der Waals surface area contributed by atoms with Gasteiger partial charge in [-0.2, -0.15) is 10.4 Å². The Bertz CT molecular complexity index is 1180. The number of nitrogens with zero attached hydrogens (tertiary/aromatic N) is 6. The molecule has 0 aliphatic heterocycles. The number of aldehydes is 1. The van der Waals surface area contributed by atoms with Crippen LogP contribution in [0.25, 0.3) is 11.1 Å². The third kappa shape index (κ3) is 4.89. The van der Waals surface area contributed by atoms with Crippen molar-refractivity contribution >= 4 is 24.0 Å². The van der Waals surface area contributed by atoms with Gasteiger partial charge in [-0.25, -0.2) is 14.8 Å². The highest BCUT2D eigenvalue weighted by Gasteiger charge is 2.19. The Labute approximate surface area is 185 Å². The molecule has 0 fully saturated rings. The van der Waals surface area contributed by atoms with Gasteiger partial charge in [0.1, 0.15) is 34.7 Å². The summed E-state index contributed by atoms with van der Waals surface area (Å²) in [5, 5.41) is 16.0. The fourth-order valence-corrected chi connectivity index (χ4v) is 3.04. The lowest BCUT2D eigenvalue weighted by molar-refractivity contribution is 0.111. The predicted octanol–water partition coefficient (Wildman–Crippen LogP) is 3.41. The zero-order chi connectivity index (χ0) is 23.3. The number of aromatic nitrogens is 4. The standard InChI is InChI=1S/C22H23N7O3/c1-5-29(21-7-6-17(18(13-30)26-21)16-11-25-28(4)12-16)22(31)27-20-8-19(32-14(2)3)15(9-23)10-24-20/h6-8,10-14H,5H2,1-4H3,(H,24,27,31). The van der Waals surface area contributed by atoms with Crippen LogP contribution in [0.5, 0.6) is 5.75 Å². The van der Waals surface area contributed by atoms with Gasteiger partial charge in [0.15, 0.2) is 6.29 Å². The molecule has 0 aromatic carbocycles. The summed E-state index contributed by atoms with van der Waals surface area (Å²) in [6.07, 6.45) is 5.26. The minimum atomic E-state index is -0.487. The molecule has 3 aromatic rings. The molecule has 3 aromatic heterocycles. The topological polar surface area (TPSA) is 126 Å². The molecule has 0 atom stereocenters. The van der Waals surface area contributed by atoms with Crippen LogP contribution in [0.4, 0.5) is 16.4 Å². The maximum atomic E-state index is 12.9. The summed E-state index contributed by atoms with van der Waals surface area (Å²) in [4.78, 5) is 34.4. The summed E-state index contributed by atoms with van der Waals surface area (Å²) in [6, 6.07) is 6.42. The van der Waals surface area contributed by atoms with Crippen molar-refractivity contribution < 1.29 is 14.3 Å². The molecule has 3 heterocycles. The quantitative estimate of drug-likeness (QED) is 0.566. The first kappa shape index (κ1) is 22.4. The summed E-state index contributed by atoms with van der Waals surface area (Å²) < 4.78 is 7.26. The van der Waals surface area contributed by atoms with Gasteiger partial charge in [0.25, 0.3) is 0 Å². The molecule has 10 heteroatoms. The number of aryl methyl sites for hydroxylation is 1. The number of urea groups is 1. The summed E-state index contributed by atoms with van der Waals surface area (Å²) in [7, 11) is 1.78. The SMILES string of the molecule is CCN(C(=O)Nc1cc(OC(C)C)c(C#N)cn1)c1ccc(-c2cnn(C)c2)c(C=O)n1. The van der Waals surface area contributed by atoms with Gasteiger partial charge < -0.3 is 4.74 Å². The molecule has 0 spiro atoms. The van der Waals surface area contributed by atoms with E-state index in [0.717, 1.165) is 5.56 Å². The highest BCUT2D eigenvalue weighted by atomic mass is 16.5. The van der Waals surface area contributed by atoms with Crippen molar-refractivity contribution in [2.75, 3.05) is 16.8 Å². The molecule has 0 aliphatic carbocycles. The number of hydrogen-bond acceptors (Lipinski definition) is 7. The second kappa shape index (κ2) is 9.70. The fourth-order valence-electron chi connectivity index (χ4n) is 3.04. The summed E-state index contributed by atoms with van der Waals surface area (Å²) in [6.45, 7) is 5.76. The fraction of sp³-hybridized carbons (Fsp3) is 0.273. The van der Waals surface area contributed by atoms with Crippen LogP contribution in [0.2, 0.25) is 0 Å². The van der Waals surface area contributed by atoms with E-state index in [1.165, 1.54) is 17.2 Å². The van der Waals surface area contributed by atoms with E-state index >= 15 is 0 Å². The Morgan fingerprint density at radius 2 is 2.16 bits per heavy atom. The average Bonchev–Trinajstić information content (AvgIpc) is 3.20. The molecule has 32 heavy (non-hydrogen) atoms. The van der Waals surface area contributed by atoms with Gasteiger partial charge in [0, 0.05) is 37.0 Å².